The van der Waals surface area contributed by atoms with Gasteiger partial charge in [0.05, 0.1) is 0 Å². The number of carboxylic acids is 1. The van der Waals surface area contributed by atoms with Gasteiger partial charge in [0.1, 0.15) is 5.82 Å². The average molecular weight is 311 g/mol. The summed E-state index contributed by atoms with van der Waals surface area (Å²) < 4.78 is 15.4. The second kappa shape index (κ2) is 5.88. The maximum atomic E-state index is 13.3. The molecular weight excluding hydrogens is 293 g/mol. The maximum Gasteiger partial charge on any atom is 0.303 e. The molecular formula is C19H18FNO2. The Morgan fingerprint density at radius 3 is 2.65 bits per heavy atom. The largest absolute Gasteiger partial charge is 0.481 e. The number of benzene rings is 2. The van der Waals surface area contributed by atoms with Crippen LogP contribution in [-0.2, 0) is 18.3 Å². The molecule has 0 aliphatic carbocycles. The number of hydrogen-bond donors (Lipinski definition) is 1. The molecule has 3 rings (SSSR count). The van der Waals surface area contributed by atoms with Crippen molar-refractivity contribution in [3.8, 4) is 11.3 Å². The standard InChI is InChI=1S/C19H18FNO2/c1-12-9-15(20)5-6-16(12)18-11-14-10-13(4-8-19(22)23)3-7-17(14)21(18)2/h3,5-7,9-11H,4,8H2,1-2H3,(H,22,23). The van der Waals surface area contributed by atoms with E-state index in [4.69, 9.17) is 5.11 Å². The third-order valence-corrected chi connectivity index (χ3v) is 4.20. The minimum absolute atomic E-state index is 0.127. The molecule has 0 amide bonds. The van der Waals surface area contributed by atoms with E-state index in [0.717, 1.165) is 33.3 Å². The van der Waals surface area contributed by atoms with Crippen molar-refractivity contribution in [2.45, 2.75) is 19.8 Å². The van der Waals surface area contributed by atoms with Gasteiger partial charge in [-0.05, 0) is 60.9 Å². The number of hydrogen-bond acceptors (Lipinski definition) is 1. The molecule has 3 aromatic rings. The van der Waals surface area contributed by atoms with Gasteiger partial charge in [-0.15, -0.1) is 0 Å². The molecule has 1 N–H and O–H groups in total. The highest BCUT2D eigenvalue weighted by atomic mass is 19.1. The SMILES string of the molecule is Cc1cc(F)ccc1-c1cc2cc(CCC(=O)O)ccc2n1C. The van der Waals surface area contributed by atoms with Crippen molar-refractivity contribution in [1.82, 2.24) is 4.57 Å². The van der Waals surface area contributed by atoms with Crippen LogP contribution in [0.4, 0.5) is 4.39 Å². The minimum Gasteiger partial charge on any atom is -0.481 e. The summed E-state index contributed by atoms with van der Waals surface area (Å²) >= 11 is 0. The number of halogens is 1. The van der Waals surface area contributed by atoms with Gasteiger partial charge in [0.15, 0.2) is 0 Å². The molecule has 2 aromatic carbocycles. The van der Waals surface area contributed by atoms with Crippen molar-refractivity contribution in [2.24, 2.45) is 7.05 Å². The summed E-state index contributed by atoms with van der Waals surface area (Å²) in [4.78, 5) is 10.7. The van der Waals surface area contributed by atoms with Crippen LogP contribution >= 0.6 is 0 Å². The molecule has 0 saturated heterocycles. The molecule has 0 atom stereocenters. The first kappa shape index (κ1) is 15.3. The topological polar surface area (TPSA) is 42.2 Å². The zero-order valence-electron chi connectivity index (χ0n) is 13.1. The second-order valence-corrected chi connectivity index (χ2v) is 5.83. The number of fused-ring (bicyclic) bond motifs is 1. The first-order valence-electron chi connectivity index (χ1n) is 7.52. The Kier molecular flexibility index (Phi) is 3.90. The number of aliphatic carboxylic acids is 1. The lowest BCUT2D eigenvalue weighted by Crippen LogP contribution is -1.97. The summed E-state index contributed by atoms with van der Waals surface area (Å²) in [7, 11) is 1.98. The van der Waals surface area contributed by atoms with E-state index < -0.39 is 5.97 Å². The fourth-order valence-electron chi connectivity index (χ4n) is 2.98. The van der Waals surface area contributed by atoms with E-state index in [1.54, 1.807) is 6.07 Å². The number of nitrogens with zero attached hydrogens (tertiary/aromatic N) is 1. The Hall–Kier alpha value is -2.62. The number of rotatable bonds is 4. The van der Waals surface area contributed by atoms with Crippen LogP contribution in [0.2, 0.25) is 0 Å². The van der Waals surface area contributed by atoms with Crippen LogP contribution in [0.5, 0.6) is 0 Å². The smallest absolute Gasteiger partial charge is 0.303 e. The molecule has 1 aromatic heterocycles. The molecule has 4 heteroatoms. The zero-order chi connectivity index (χ0) is 16.6. The monoisotopic (exact) mass is 311 g/mol. The maximum absolute atomic E-state index is 13.3. The number of carboxylic acid groups (broad SMARTS) is 1. The molecule has 0 spiro atoms. The number of aromatic nitrogens is 1. The molecule has 0 unspecified atom stereocenters. The number of aryl methyl sites for hydroxylation is 3. The third kappa shape index (κ3) is 2.97. The van der Waals surface area contributed by atoms with E-state index in [0.29, 0.717) is 6.42 Å². The first-order chi connectivity index (χ1) is 11.0. The van der Waals surface area contributed by atoms with Crippen molar-refractivity contribution < 1.29 is 14.3 Å². The summed E-state index contributed by atoms with van der Waals surface area (Å²) in [5, 5.41) is 9.87. The quantitative estimate of drug-likeness (QED) is 0.780. The molecule has 0 fully saturated rings. The minimum atomic E-state index is -0.791. The average Bonchev–Trinajstić information content (AvgIpc) is 2.82. The van der Waals surface area contributed by atoms with E-state index in [-0.39, 0.29) is 12.2 Å². The van der Waals surface area contributed by atoms with Gasteiger partial charge < -0.3 is 9.67 Å². The normalized spacial score (nSPS) is 11.1. The van der Waals surface area contributed by atoms with Gasteiger partial charge in [0, 0.05) is 35.6 Å². The third-order valence-electron chi connectivity index (χ3n) is 4.20. The predicted molar refractivity (Wildman–Crippen MR) is 89.0 cm³/mol. The van der Waals surface area contributed by atoms with Crippen LogP contribution in [0, 0.1) is 12.7 Å². The summed E-state index contributed by atoms with van der Waals surface area (Å²) in [5.74, 6) is -1.03. The lowest BCUT2D eigenvalue weighted by atomic mass is 10.0. The van der Waals surface area contributed by atoms with E-state index in [2.05, 4.69) is 10.6 Å². The summed E-state index contributed by atoms with van der Waals surface area (Å²) in [6, 6.07) is 12.9. The molecule has 3 nitrogen and oxygen atoms in total. The molecule has 0 bridgehead atoms. The van der Waals surface area contributed by atoms with Gasteiger partial charge in [0.2, 0.25) is 0 Å². The molecule has 1 heterocycles. The Morgan fingerprint density at radius 2 is 1.96 bits per heavy atom. The fraction of sp³-hybridized carbons (Fsp3) is 0.211. The molecule has 0 aliphatic heterocycles. The molecule has 118 valence electrons. The Labute approximate surface area is 134 Å². The van der Waals surface area contributed by atoms with Gasteiger partial charge >= 0.3 is 5.97 Å². The lowest BCUT2D eigenvalue weighted by Gasteiger charge is -2.08. The van der Waals surface area contributed by atoms with Crippen LogP contribution in [0.25, 0.3) is 22.2 Å². The van der Waals surface area contributed by atoms with Crippen LogP contribution in [0.15, 0.2) is 42.5 Å². The molecule has 0 aliphatic rings. The molecule has 0 saturated carbocycles. The molecule has 23 heavy (non-hydrogen) atoms. The number of carbonyl (C=O) groups is 1. The van der Waals surface area contributed by atoms with Crippen LogP contribution < -0.4 is 0 Å². The molecule has 0 radical (unpaired) electrons. The Bertz CT molecular complexity index is 896. The van der Waals surface area contributed by atoms with Crippen molar-refractivity contribution in [3.05, 3.63) is 59.4 Å². The van der Waals surface area contributed by atoms with E-state index >= 15 is 0 Å². The summed E-state index contributed by atoms with van der Waals surface area (Å²) in [5.41, 5.74) is 4.99. The van der Waals surface area contributed by atoms with Crippen molar-refractivity contribution in [2.75, 3.05) is 0 Å². The zero-order valence-corrected chi connectivity index (χ0v) is 13.1. The van der Waals surface area contributed by atoms with Crippen molar-refractivity contribution >= 4 is 16.9 Å². The fourth-order valence-corrected chi connectivity index (χ4v) is 2.98. The lowest BCUT2D eigenvalue weighted by molar-refractivity contribution is -0.136. The predicted octanol–water partition coefficient (Wildman–Crippen LogP) is 4.31. The van der Waals surface area contributed by atoms with Gasteiger partial charge in [-0.2, -0.15) is 0 Å². The Morgan fingerprint density at radius 1 is 1.17 bits per heavy atom. The van der Waals surface area contributed by atoms with Crippen LogP contribution in [-0.4, -0.2) is 15.6 Å². The van der Waals surface area contributed by atoms with E-state index in [1.165, 1.54) is 12.1 Å². The summed E-state index contributed by atoms with van der Waals surface area (Å²) in [6.07, 6.45) is 0.646. The van der Waals surface area contributed by atoms with Gasteiger partial charge in [-0.3, -0.25) is 4.79 Å². The highest BCUT2D eigenvalue weighted by molar-refractivity contribution is 5.88. The van der Waals surface area contributed by atoms with Crippen molar-refractivity contribution in [1.29, 1.82) is 0 Å². The Balaban J connectivity index is 2.05. The highest BCUT2D eigenvalue weighted by Crippen LogP contribution is 2.30. The van der Waals surface area contributed by atoms with Gasteiger partial charge in [-0.1, -0.05) is 6.07 Å². The van der Waals surface area contributed by atoms with Gasteiger partial charge in [0.25, 0.3) is 0 Å². The van der Waals surface area contributed by atoms with E-state index in [1.807, 2.05) is 32.2 Å². The van der Waals surface area contributed by atoms with Crippen LogP contribution in [0.1, 0.15) is 17.5 Å². The van der Waals surface area contributed by atoms with Gasteiger partial charge in [-0.25, -0.2) is 4.39 Å². The first-order valence-corrected chi connectivity index (χ1v) is 7.52. The van der Waals surface area contributed by atoms with Crippen LogP contribution in [0.3, 0.4) is 0 Å². The van der Waals surface area contributed by atoms with E-state index in [9.17, 15) is 9.18 Å². The summed E-state index contributed by atoms with van der Waals surface area (Å²) in [6.45, 7) is 1.90. The highest BCUT2D eigenvalue weighted by Gasteiger charge is 2.11. The van der Waals surface area contributed by atoms with Crippen molar-refractivity contribution in [3.63, 3.8) is 0 Å². The second-order valence-electron chi connectivity index (χ2n) is 5.83.